The Morgan fingerprint density at radius 2 is 2.11 bits per heavy atom. The number of nitrogens with one attached hydrogen (secondary N) is 1. The Bertz CT molecular complexity index is 372. The van der Waals surface area contributed by atoms with Gasteiger partial charge >= 0.3 is 0 Å². The topological polar surface area (TPSA) is 67.1 Å². The molecule has 5 nitrogen and oxygen atoms in total. The number of anilines is 2. The van der Waals surface area contributed by atoms with E-state index in [2.05, 4.69) is 27.1 Å². The number of nitrogens with two attached hydrogens (primary N) is 1. The van der Waals surface area contributed by atoms with E-state index in [-0.39, 0.29) is 5.54 Å². The fraction of sp³-hybridized carbons (Fsp3) is 0.714. The first-order valence-corrected chi connectivity index (χ1v) is 6.98. The van der Waals surface area contributed by atoms with Crippen LogP contribution < -0.4 is 16.0 Å². The number of hydrogen-bond acceptors (Lipinski definition) is 5. The SMILES string of the molecule is CCCCNc1cc(N(C)CCC(C)(C)N)ncn1. The highest BCUT2D eigenvalue weighted by atomic mass is 15.2. The minimum Gasteiger partial charge on any atom is -0.370 e. The van der Waals surface area contributed by atoms with Crippen LogP contribution in [0, 0.1) is 0 Å². The Kier molecular flexibility index (Phi) is 6.02. The molecule has 0 saturated heterocycles. The smallest absolute Gasteiger partial charge is 0.133 e. The van der Waals surface area contributed by atoms with Crippen molar-refractivity contribution in [2.45, 2.75) is 45.6 Å². The molecule has 19 heavy (non-hydrogen) atoms. The van der Waals surface area contributed by atoms with Crippen molar-refractivity contribution in [3.63, 3.8) is 0 Å². The van der Waals surface area contributed by atoms with Gasteiger partial charge in [0.1, 0.15) is 18.0 Å². The van der Waals surface area contributed by atoms with E-state index in [1.807, 2.05) is 27.0 Å². The van der Waals surface area contributed by atoms with Crippen molar-refractivity contribution in [1.82, 2.24) is 9.97 Å². The number of hydrogen-bond donors (Lipinski definition) is 2. The van der Waals surface area contributed by atoms with Crippen LogP contribution in [0.15, 0.2) is 12.4 Å². The molecule has 0 fully saturated rings. The fourth-order valence-electron chi connectivity index (χ4n) is 1.62. The van der Waals surface area contributed by atoms with Gasteiger partial charge in [0.05, 0.1) is 0 Å². The molecule has 0 aliphatic heterocycles. The van der Waals surface area contributed by atoms with Crippen molar-refractivity contribution in [2.75, 3.05) is 30.4 Å². The summed E-state index contributed by atoms with van der Waals surface area (Å²) in [5.41, 5.74) is 5.85. The first-order valence-electron chi connectivity index (χ1n) is 6.98. The molecule has 1 aromatic rings. The number of aromatic nitrogens is 2. The first kappa shape index (κ1) is 15.7. The van der Waals surface area contributed by atoms with Crippen molar-refractivity contribution in [3.8, 4) is 0 Å². The highest BCUT2D eigenvalue weighted by Crippen LogP contribution is 2.14. The van der Waals surface area contributed by atoms with Crippen LogP contribution in [0.1, 0.15) is 40.0 Å². The van der Waals surface area contributed by atoms with E-state index in [1.165, 1.54) is 6.42 Å². The zero-order chi connectivity index (χ0) is 14.3. The lowest BCUT2D eigenvalue weighted by molar-refractivity contribution is 0.478. The van der Waals surface area contributed by atoms with Crippen LogP contribution >= 0.6 is 0 Å². The van der Waals surface area contributed by atoms with Crippen molar-refractivity contribution >= 4 is 11.6 Å². The normalized spacial score (nSPS) is 11.4. The molecule has 1 heterocycles. The maximum atomic E-state index is 6.00. The van der Waals surface area contributed by atoms with Crippen LogP contribution in [0.25, 0.3) is 0 Å². The summed E-state index contributed by atoms with van der Waals surface area (Å²) in [6.07, 6.45) is 4.85. The number of unbranched alkanes of at least 4 members (excludes halogenated alkanes) is 1. The van der Waals surface area contributed by atoms with E-state index in [1.54, 1.807) is 6.33 Å². The maximum Gasteiger partial charge on any atom is 0.133 e. The summed E-state index contributed by atoms with van der Waals surface area (Å²) in [5.74, 6) is 1.82. The van der Waals surface area contributed by atoms with Crippen LogP contribution in [0.4, 0.5) is 11.6 Å². The minimum absolute atomic E-state index is 0.149. The van der Waals surface area contributed by atoms with E-state index >= 15 is 0 Å². The Morgan fingerprint density at radius 3 is 2.74 bits per heavy atom. The van der Waals surface area contributed by atoms with Gasteiger partial charge in [0.2, 0.25) is 0 Å². The van der Waals surface area contributed by atoms with Gasteiger partial charge < -0.3 is 16.0 Å². The first-order chi connectivity index (χ1) is 8.92. The van der Waals surface area contributed by atoms with Gasteiger partial charge in [-0.25, -0.2) is 9.97 Å². The number of nitrogens with zero attached hydrogens (tertiary/aromatic N) is 3. The second-order valence-corrected chi connectivity index (χ2v) is 5.70. The molecule has 3 N–H and O–H groups in total. The van der Waals surface area contributed by atoms with E-state index < -0.39 is 0 Å². The van der Waals surface area contributed by atoms with Gasteiger partial charge in [-0.05, 0) is 26.7 Å². The molecule has 5 heteroatoms. The van der Waals surface area contributed by atoms with Crippen molar-refractivity contribution in [1.29, 1.82) is 0 Å². The summed E-state index contributed by atoms with van der Waals surface area (Å²) in [5, 5.41) is 3.31. The molecule has 0 unspecified atom stereocenters. The van der Waals surface area contributed by atoms with E-state index in [9.17, 15) is 0 Å². The van der Waals surface area contributed by atoms with Crippen LogP contribution in [-0.4, -0.2) is 35.6 Å². The van der Waals surface area contributed by atoms with Crippen LogP contribution in [0.3, 0.4) is 0 Å². The average molecular weight is 265 g/mol. The third kappa shape index (κ3) is 6.38. The molecule has 108 valence electrons. The Hall–Kier alpha value is -1.36. The summed E-state index contributed by atoms with van der Waals surface area (Å²) in [6, 6.07) is 1.99. The summed E-state index contributed by atoms with van der Waals surface area (Å²) in [7, 11) is 2.03. The van der Waals surface area contributed by atoms with E-state index in [0.29, 0.717) is 0 Å². The predicted octanol–water partition coefficient (Wildman–Crippen LogP) is 2.25. The molecule has 0 atom stereocenters. The van der Waals surface area contributed by atoms with Crippen molar-refractivity contribution in [2.24, 2.45) is 5.73 Å². The van der Waals surface area contributed by atoms with Gasteiger partial charge in [-0.2, -0.15) is 0 Å². The number of rotatable bonds is 8. The Labute approximate surface area is 116 Å². The Balaban J connectivity index is 2.55. The molecule has 0 amide bonds. The standard InChI is InChI=1S/C14H27N5/c1-5-6-8-16-12-10-13(18-11-17-12)19(4)9-7-14(2,3)15/h10-11H,5-9,15H2,1-4H3,(H,16,17,18). The molecule has 1 aromatic heterocycles. The summed E-state index contributed by atoms with van der Waals surface area (Å²) < 4.78 is 0. The fourth-order valence-corrected chi connectivity index (χ4v) is 1.62. The van der Waals surface area contributed by atoms with Gasteiger partial charge in [0.25, 0.3) is 0 Å². The Morgan fingerprint density at radius 1 is 1.37 bits per heavy atom. The van der Waals surface area contributed by atoms with Gasteiger partial charge in [-0.15, -0.1) is 0 Å². The van der Waals surface area contributed by atoms with Gasteiger partial charge in [-0.1, -0.05) is 13.3 Å². The molecule has 0 radical (unpaired) electrons. The van der Waals surface area contributed by atoms with Gasteiger partial charge in [0.15, 0.2) is 0 Å². The summed E-state index contributed by atoms with van der Waals surface area (Å²) >= 11 is 0. The lowest BCUT2D eigenvalue weighted by atomic mass is 10.0. The van der Waals surface area contributed by atoms with Crippen molar-refractivity contribution in [3.05, 3.63) is 12.4 Å². The largest absolute Gasteiger partial charge is 0.370 e. The molecule has 0 aromatic carbocycles. The second-order valence-electron chi connectivity index (χ2n) is 5.70. The maximum absolute atomic E-state index is 6.00. The summed E-state index contributed by atoms with van der Waals surface area (Å²) in [6.45, 7) is 8.09. The van der Waals surface area contributed by atoms with Crippen LogP contribution in [0.5, 0.6) is 0 Å². The summed E-state index contributed by atoms with van der Waals surface area (Å²) in [4.78, 5) is 10.6. The molecule has 0 saturated carbocycles. The van der Waals surface area contributed by atoms with Crippen molar-refractivity contribution < 1.29 is 0 Å². The predicted molar refractivity (Wildman–Crippen MR) is 81.6 cm³/mol. The highest BCUT2D eigenvalue weighted by molar-refractivity contribution is 5.47. The third-order valence-corrected chi connectivity index (χ3v) is 2.97. The van der Waals surface area contributed by atoms with Crippen LogP contribution in [0.2, 0.25) is 0 Å². The molecule has 0 aliphatic rings. The molecular weight excluding hydrogens is 238 g/mol. The van der Waals surface area contributed by atoms with E-state index in [4.69, 9.17) is 5.73 Å². The quantitative estimate of drug-likeness (QED) is 0.706. The molecule has 0 spiro atoms. The van der Waals surface area contributed by atoms with Gasteiger partial charge in [-0.3, -0.25) is 0 Å². The lowest BCUT2D eigenvalue weighted by Gasteiger charge is -2.24. The minimum atomic E-state index is -0.149. The molecule has 0 aliphatic carbocycles. The molecule has 0 bridgehead atoms. The monoisotopic (exact) mass is 265 g/mol. The van der Waals surface area contributed by atoms with Crippen LogP contribution in [-0.2, 0) is 0 Å². The molecular formula is C14H27N5. The van der Waals surface area contributed by atoms with E-state index in [0.717, 1.165) is 37.6 Å². The highest BCUT2D eigenvalue weighted by Gasteiger charge is 2.12. The average Bonchev–Trinajstić information content (AvgIpc) is 2.36. The van der Waals surface area contributed by atoms with Gasteiger partial charge in [0, 0.05) is 31.7 Å². The zero-order valence-corrected chi connectivity index (χ0v) is 12.6. The third-order valence-electron chi connectivity index (χ3n) is 2.97. The molecule has 1 rings (SSSR count). The lowest BCUT2D eigenvalue weighted by Crippen LogP contribution is -2.36. The second kappa shape index (κ2) is 7.28. The zero-order valence-electron chi connectivity index (χ0n) is 12.6.